The minimum Gasteiger partial charge on any atom is -0.484 e. The lowest BCUT2D eigenvalue weighted by Crippen LogP contribution is -2.47. The summed E-state index contributed by atoms with van der Waals surface area (Å²) in [6, 6.07) is 3.68. The third-order valence-electron chi connectivity index (χ3n) is 4.75. The quantitative estimate of drug-likeness (QED) is 0.830. The number of carbonyl (C=O) groups excluding carboxylic acids is 2. The Morgan fingerprint density at radius 1 is 1.21 bits per heavy atom. The zero-order valence-electron chi connectivity index (χ0n) is 15.9. The van der Waals surface area contributed by atoms with E-state index in [9.17, 15) is 9.59 Å². The number of aryl methyl sites for hydroxylation is 2. The van der Waals surface area contributed by atoms with Crippen LogP contribution >= 0.6 is 11.6 Å². The molecule has 1 saturated heterocycles. The van der Waals surface area contributed by atoms with E-state index in [2.05, 4.69) is 15.3 Å². The fraction of sp³-hybridized carbons (Fsp3) is 0.400. The number of hydrogen-bond acceptors (Lipinski definition) is 5. The van der Waals surface area contributed by atoms with Gasteiger partial charge in [-0.15, -0.1) is 0 Å². The summed E-state index contributed by atoms with van der Waals surface area (Å²) in [5.41, 5.74) is 2.13. The first-order valence-corrected chi connectivity index (χ1v) is 9.56. The SMILES string of the molecule is Cc1cc(OCC(=O)N2CCC(NC(=O)c3cnccn3)CC2)cc(C)c1Cl. The molecule has 1 aromatic carbocycles. The summed E-state index contributed by atoms with van der Waals surface area (Å²) in [6.07, 6.45) is 5.83. The molecule has 2 aromatic rings. The van der Waals surface area contributed by atoms with Crippen LogP contribution in [-0.2, 0) is 4.79 Å². The van der Waals surface area contributed by atoms with E-state index in [0.29, 0.717) is 42.4 Å². The van der Waals surface area contributed by atoms with E-state index >= 15 is 0 Å². The number of nitrogens with one attached hydrogen (secondary N) is 1. The summed E-state index contributed by atoms with van der Waals surface area (Å²) >= 11 is 6.15. The highest BCUT2D eigenvalue weighted by molar-refractivity contribution is 6.32. The standard InChI is InChI=1S/C20H23ClN4O3/c1-13-9-16(10-14(2)19(13)21)28-12-18(26)25-7-3-15(4-8-25)24-20(27)17-11-22-5-6-23-17/h5-6,9-11,15H,3-4,7-8,12H2,1-2H3,(H,24,27). The van der Waals surface area contributed by atoms with Crippen molar-refractivity contribution in [2.45, 2.75) is 32.7 Å². The first-order valence-electron chi connectivity index (χ1n) is 9.18. The topological polar surface area (TPSA) is 84.4 Å². The van der Waals surface area contributed by atoms with Gasteiger partial charge in [0, 0.05) is 36.5 Å². The number of rotatable bonds is 5. The molecule has 2 heterocycles. The highest BCUT2D eigenvalue weighted by Gasteiger charge is 2.24. The van der Waals surface area contributed by atoms with Crippen LogP contribution in [0.3, 0.4) is 0 Å². The molecule has 1 N–H and O–H groups in total. The molecule has 0 atom stereocenters. The molecule has 2 amide bonds. The van der Waals surface area contributed by atoms with Gasteiger partial charge in [0.05, 0.1) is 6.20 Å². The van der Waals surface area contributed by atoms with E-state index in [1.54, 1.807) is 4.90 Å². The molecule has 28 heavy (non-hydrogen) atoms. The summed E-state index contributed by atoms with van der Waals surface area (Å²) < 4.78 is 5.65. The van der Waals surface area contributed by atoms with Crippen molar-refractivity contribution >= 4 is 23.4 Å². The van der Waals surface area contributed by atoms with Crippen molar-refractivity contribution in [2.24, 2.45) is 0 Å². The van der Waals surface area contributed by atoms with Gasteiger partial charge in [-0.1, -0.05) is 11.6 Å². The molecule has 0 unspecified atom stereocenters. The van der Waals surface area contributed by atoms with E-state index in [0.717, 1.165) is 11.1 Å². The highest BCUT2D eigenvalue weighted by atomic mass is 35.5. The van der Waals surface area contributed by atoms with E-state index < -0.39 is 0 Å². The first-order chi connectivity index (χ1) is 13.4. The molecular formula is C20H23ClN4O3. The molecule has 1 fully saturated rings. The van der Waals surface area contributed by atoms with Crippen LogP contribution in [0.5, 0.6) is 5.75 Å². The zero-order chi connectivity index (χ0) is 20.1. The van der Waals surface area contributed by atoms with E-state index in [1.165, 1.54) is 18.6 Å². The van der Waals surface area contributed by atoms with Crippen LogP contribution in [0.15, 0.2) is 30.7 Å². The van der Waals surface area contributed by atoms with Crippen LogP contribution in [-0.4, -0.2) is 52.4 Å². The maximum absolute atomic E-state index is 12.4. The second kappa shape index (κ2) is 9.01. The van der Waals surface area contributed by atoms with Crippen molar-refractivity contribution in [3.63, 3.8) is 0 Å². The van der Waals surface area contributed by atoms with Crippen LogP contribution in [0.4, 0.5) is 0 Å². The highest BCUT2D eigenvalue weighted by Crippen LogP contribution is 2.26. The molecule has 148 valence electrons. The molecule has 1 aromatic heterocycles. The van der Waals surface area contributed by atoms with Crippen LogP contribution in [0, 0.1) is 13.8 Å². The molecule has 0 aliphatic carbocycles. The second-order valence-corrected chi connectivity index (χ2v) is 7.26. The Balaban J connectivity index is 1.45. The molecule has 0 saturated carbocycles. The number of piperidine rings is 1. The molecule has 8 heteroatoms. The second-order valence-electron chi connectivity index (χ2n) is 6.88. The van der Waals surface area contributed by atoms with Crippen molar-refractivity contribution in [1.82, 2.24) is 20.2 Å². The molecular weight excluding hydrogens is 380 g/mol. The number of hydrogen-bond donors (Lipinski definition) is 1. The number of aromatic nitrogens is 2. The van der Waals surface area contributed by atoms with Crippen LogP contribution in [0.25, 0.3) is 0 Å². The van der Waals surface area contributed by atoms with Gasteiger partial charge in [0.15, 0.2) is 6.61 Å². The van der Waals surface area contributed by atoms with Gasteiger partial charge in [0.25, 0.3) is 11.8 Å². The number of carbonyl (C=O) groups is 2. The van der Waals surface area contributed by atoms with Gasteiger partial charge in [-0.2, -0.15) is 0 Å². The maximum Gasteiger partial charge on any atom is 0.271 e. The van der Waals surface area contributed by atoms with Crippen molar-refractivity contribution in [1.29, 1.82) is 0 Å². The Morgan fingerprint density at radius 2 is 1.89 bits per heavy atom. The molecule has 0 bridgehead atoms. The summed E-state index contributed by atoms with van der Waals surface area (Å²) in [4.78, 5) is 34.2. The molecule has 1 aliphatic rings. The average Bonchev–Trinajstić information content (AvgIpc) is 2.71. The Labute approximate surface area is 169 Å². The predicted molar refractivity (Wildman–Crippen MR) is 106 cm³/mol. The van der Waals surface area contributed by atoms with Crippen molar-refractivity contribution in [3.05, 3.63) is 52.6 Å². The number of amides is 2. The third-order valence-corrected chi connectivity index (χ3v) is 5.35. The largest absolute Gasteiger partial charge is 0.484 e. The smallest absolute Gasteiger partial charge is 0.271 e. The monoisotopic (exact) mass is 402 g/mol. The van der Waals surface area contributed by atoms with Gasteiger partial charge in [-0.05, 0) is 49.9 Å². The molecule has 0 radical (unpaired) electrons. The number of likely N-dealkylation sites (tertiary alicyclic amines) is 1. The van der Waals surface area contributed by atoms with E-state index in [-0.39, 0.29) is 24.5 Å². The van der Waals surface area contributed by atoms with Gasteiger partial charge in [-0.25, -0.2) is 4.98 Å². The Hall–Kier alpha value is -2.67. The predicted octanol–water partition coefficient (Wildman–Crippen LogP) is 2.55. The van der Waals surface area contributed by atoms with Crippen molar-refractivity contribution in [2.75, 3.05) is 19.7 Å². The Bertz CT molecular complexity index is 829. The average molecular weight is 403 g/mol. The van der Waals surface area contributed by atoms with Gasteiger partial charge < -0.3 is 15.0 Å². The number of halogens is 1. The number of nitrogens with zero attached hydrogens (tertiary/aromatic N) is 3. The molecule has 7 nitrogen and oxygen atoms in total. The summed E-state index contributed by atoms with van der Waals surface area (Å²) in [5, 5.41) is 3.66. The lowest BCUT2D eigenvalue weighted by atomic mass is 10.0. The van der Waals surface area contributed by atoms with Gasteiger partial charge >= 0.3 is 0 Å². The van der Waals surface area contributed by atoms with Gasteiger partial charge in [-0.3, -0.25) is 14.6 Å². The Kier molecular flexibility index (Phi) is 6.46. The first kappa shape index (κ1) is 20.1. The molecule has 3 rings (SSSR count). The lowest BCUT2D eigenvalue weighted by molar-refractivity contribution is -0.134. The normalized spacial score (nSPS) is 14.6. The van der Waals surface area contributed by atoms with E-state index in [1.807, 2.05) is 26.0 Å². The molecule has 1 aliphatic heterocycles. The third kappa shape index (κ3) is 4.98. The number of ether oxygens (including phenoxy) is 1. The number of benzene rings is 1. The van der Waals surface area contributed by atoms with Crippen LogP contribution in [0.1, 0.15) is 34.5 Å². The fourth-order valence-electron chi connectivity index (χ4n) is 3.17. The lowest BCUT2D eigenvalue weighted by Gasteiger charge is -2.32. The summed E-state index contributed by atoms with van der Waals surface area (Å²) in [7, 11) is 0. The molecule has 0 spiro atoms. The van der Waals surface area contributed by atoms with Crippen molar-refractivity contribution < 1.29 is 14.3 Å². The summed E-state index contributed by atoms with van der Waals surface area (Å²) in [5.74, 6) is 0.331. The van der Waals surface area contributed by atoms with E-state index in [4.69, 9.17) is 16.3 Å². The van der Waals surface area contributed by atoms with Gasteiger partial charge in [0.1, 0.15) is 11.4 Å². The minimum absolute atomic E-state index is 0.0149. The Morgan fingerprint density at radius 3 is 2.50 bits per heavy atom. The fourth-order valence-corrected chi connectivity index (χ4v) is 3.28. The van der Waals surface area contributed by atoms with Gasteiger partial charge in [0.2, 0.25) is 0 Å². The summed E-state index contributed by atoms with van der Waals surface area (Å²) in [6.45, 7) is 4.95. The maximum atomic E-state index is 12.4. The zero-order valence-corrected chi connectivity index (χ0v) is 16.7. The van der Waals surface area contributed by atoms with Crippen LogP contribution < -0.4 is 10.1 Å². The van der Waals surface area contributed by atoms with Crippen LogP contribution in [0.2, 0.25) is 5.02 Å². The minimum atomic E-state index is -0.241. The van der Waals surface area contributed by atoms with Crippen molar-refractivity contribution in [3.8, 4) is 5.75 Å².